The minimum atomic E-state index is -3.37. The lowest BCUT2D eigenvalue weighted by Crippen LogP contribution is -2.72. The molecule has 0 aromatic heterocycles. The zero-order chi connectivity index (χ0) is 79.6. The normalized spacial score (nSPS) is 34.5. The molecule has 5 fully saturated rings. The Morgan fingerprint density at radius 3 is 1.39 bits per heavy atom. The van der Waals surface area contributed by atoms with Crippen molar-refractivity contribution in [3.8, 4) is 0 Å². The number of aliphatic hydroxyl groups is 19. The molecular formula is C73H134N2O33. The van der Waals surface area contributed by atoms with Gasteiger partial charge in [-0.15, -0.1) is 0 Å². The van der Waals surface area contributed by atoms with E-state index in [1.807, 2.05) is 0 Å². The van der Waals surface area contributed by atoms with Crippen molar-refractivity contribution >= 4 is 17.8 Å². The third-order valence-corrected chi connectivity index (χ3v) is 21.2. The lowest BCUT2D eigenvalue weighted by molar-refractivity contribution is -0.392. The Hall–Kier alpha value is -2.75. The van der Waals surface area contributed by atoms with Gasteiger partial charge in [-0.05, 0) is 12.8 Å². The van der Waals surface area contributed by atoms with Crippen LogP contribution in [-0.4, -0.2) is 343 Å². The maximum Gasteiger partial charge on any atom is 0.364 e. The monoisotopic (exact) mass is 1570 g/mol. The van der Waals surface area contributed by atoms with E-state index in [9.17, 15) is 117 Å². The highest BCUT2D eigenvalue weighted by Gasteiger charge is 2.62. The fourth-order valence-corrected chi connectivity index (χ4v) is 14.6. The fourth-order valence-electron chi connectivity index (χ4n) is 14.6. The van der Waals surface area contributed by atoms with E-state index in [0.717, 1.165) is 71.1 Å². The van der Waals surface area contributed by atoms with Gasteiger partial charge in [-0.1, -0.05) is 194 Å². The third-order valence-electron chi connectivity index (χ3n) is 21.2. The topological polar surface area (TPSA) is 572 Å². The molecule has 5 rings (SSSR count). The molecule has 0 aliphatic carbocycles. The highest BCUT2D eigenvalue weighted by Crippen LogP contribution is 2.42. The van der Waals surface area contributed by atoms with Crippen molar-refractivity contribution in [2.24, 2.45) is 0 Å². The molecular weight excluding hydrogens is 1430 g/mol. The maximum absolute atomic E-state index is 13.8. The molecule has 5 saturated heterocycles. The van der Waals surface area contributed by atoms with Gasteiger partial charge >= 0.3 is 5.97 Å². The second kappa shape index (κ2) is 50.6. The van der Waals surface area contributed by atoms with Gasteiger partial charge in [-0.3, -0.25) is 9.59 Å². The lowest BCUT2D eigenvalue weighted by atomic mass is 9.87. The van der Waals surface area contributed by atoms with E-state index in [4.69, 9.17) is 47.4 Å². The summed E-state index contributed by atoms with van der Waals surface area (Å²) in [6.07, 6.45) is -24.6. The second-order valence-electron chi connectivity index (χ2n) is 29.9. The van der Waals surface area contributed by atoms with Gasteiger partial charge in [-0.25, -0.2) is 4.79 Å². The average Bonchev–Trinajstić information content (AvgIpc) is 0.817. The van der Waals surface area contributed by atoms with Crippen LogP contribution < -0.4 is 10.6 Å². The predicted molar refractivity (Wildman–Crippen MR) is 379 cm³/mol. The quantitative estimate of drug-likeness (QED) is 0.0286. The second-order valence-corrected chi connectivity index (χ2v) is 29.9. The molecule has 0 radical (unpaired) electrons. The number of carboxylic acids is 1. The first-order valence-corrected chi connectivity index (χ1v) is 39.6. The van der Waals surface area contributed by atoms with E-state index in [-0.39, 0.29) is 12.8 Å². The van der Waals surface area contributed by atoms with E-state index in [2.05, 4.69) is 24.5 Å². The van der Waals surface area contributed by atoms with Crippen molar-refractivity contribution in [3.05, 3.63) is 0 Å². The van der Waals surface area contributed by atoms with Crippen molar-refractivity contribution in [2.75, 3.05) is 39.6 Å². The molecule has 0 spiro atoms. The van der Waals surface area contributed by atoms with E-state index in [1.54, 1.807) is 0 Å². The molecule has 5 aliphatic heterocycles. The summed E-state index contributed by atoms with van der Waals surface area (Å²) in [7, 11) is 0. The number of hydrogen-bond donors (Lipinski definition) is 22. The van der Waals surface area contributed by atoms with Crippen LogP contribution in [0.3, 0.4) is 0 Å². The Morgan fingerprint density at radius 2 is 0.898 bits per heavy atom. The number of unbranched alkanes of at least 4 members (excludes halogenated alkanes) is 26. The molecule has 0 aromatic carbocycles. The minimum Gasteiger partial charge on any atom is -0.477 e. The lowest BCUT2D eigenvalue weighted by Gasteiger charge is -2.52. The summed E-state index contributed by atoms with van der Waals surface area (Å²) in [5.74, 6) is -7.34. The summed E-state index contributed by atoms with van der Waals surface area (Å²) in [6.45, 7) is -0.895. The number of hydrogen-bond acceptors (Lipinski definition) is 32. The van der Waals surface area contributed by atoms with Crippen LogP contribution in [0.2, 0.25) is 0 Å². The van der Waals surface area contributed by atoms with E-state index in [0.29, 0.717) is 12.8 Å². The van der Waals surface area contributed by atoms with Crippen LogP contribution >= 0.6 is 0 Å². The standard InChI is InChI=1S/C73H134N2O33/c1-4-6-8-10-12-14-16-18-19-20-21-23-24-26-28-30-32-43(82)52(86)42(75-67(96)44(83)33-31-29-27-25-22-17-15-13-11-9-7-5-2)40-99-68-58(92)56(90)63(49(38-79)102-68)105-69-60(94)57(91)64(50(39-80)103-69)107-73(72(97)98)34-47(51(74-41(3)81)65(108-73)53(87)45(84)35-76)100-71-61(95)66(54(88)48(37-78)101-71)106-70-59(93)55(89)62(104-70)46(85)36-77/h42-66,68-71,76-80,82-95H,4-40H2,1-3H3,(H,74,81)(H,75,96)(H,97,98). The van der Waals surface area contributed by atoms with Gasteiger partial charge in [0.2, 0.25) is 11.8 Å². The highest BCUT2D eigenvalue weighted by atomic mass is 16.8. The van der Waals surface area contributed by atoms with E-state index < -0.39 is 247 Å². The smallest absolute Gasteiger partial charge is 0.364 e. The van der Waals surface area contributed by atoms with Crippen molar-refractivity contribution in [1.29, 1.82) is 0 Å². The van der Waals surface area contributed by atoms with E-state index >= 15 is 0 Å². The van der Waals surface area contributed by atoms with Gasteiger partial charge < -0.3 is 160 Å². The summed E-state index contributed by atoms with van der Waals surface area (Å²) >= 11 is 0. The minimum absolute atomic E-state index is 0.0961. The number of ether oxygens (including phenoxy) is 10. The van der Waals surface area contributed by atoms with Crippen LogP contribution in [0, 0.1) is 0 Å². The molecule has 22 N–H and O–H groups in total. The Labute approximate surface area is 633 Å². The number of aliphatic carboxylic acids is 1. The molecule has 35 nitrogen and oxygen atoms in total. The first-order valence-electron chi connectivity index (χ1n) is 39.6. The highest BCUT2D eigenvalue weighted by molar-refractivity contribution is 5.80. The Balaban J connectivity index is 1.27. The number of carboxylic acid groups (broad SMARTS) is 1. The summed E-state index contributed by atoms with van der Waals surface area (Å²) in [4.78, 5) is 40.3. The van der Waals surface area contributed by atoms with Gasteiger partial charge in [0.25, 0.3) is 5.79 Å². The molecule has 108 heavy (non-hydrogen) atoms. The van der Waals surface area contributed by atoms with Crippen LogP contribution in [0.4, 0.5) is 0 Å². The van der Waals surface area contributed by atoms with Crippen LogP contribution in [0.15, 0.2) is 0 Å². The largest absolute Gasteiger partial charge is 0.477 e. The molecule has 30 unspecified atom stereocenters. The summed E-state index contributed by atoms with van der Waals surface area (Å²) in [5.41, 5.74) is 0. The zero-order valence-corrected chi connectivity index (χ0v) is 63.2. The molecule has 5 heterocycles. The summed E-state index contributed by atoms with van der Waals surface area (Å²) < 4.78 is 58.1. The van der Waals surface area contributed by atoms with Gasteiger partial charge in [0, 0.05) is 13.3 Å². The third kappa shape index (κ3) is 28.9. The number of amides is 2. The van der Waals surface area contributed by atoms with Gasteiger partial charge in [0.05, 0.1) is 63.9 Å². The molecule has 2 amide bonds. The van der Waals surface area contributed by atoms with E-state index in [1.165, 1.54) is 103 Å². The van der Waals surface area contributed by atoms with Gasteiger partial charge in [-0.2, -0.15) is 0 Å². The summed E-state index contributed by atoms with van der Waals surface area (Å²) in [5, 5.41) is 225. The Bertz CT molecular complexity index is 2440. The van der Waals surface area contributed by atoms with Crippen molar-refractivity contribution in [2.45, 2.75) is 403 Å². The number of carbonyl (C=O) groups is 3. The molecule has 5 aliphatic rings. The fraction of sp³-hybridized carbons (Fsp3) is 0.959. The van der Waals surface area contributed by atoms with Crippen LogP contribution in [-0.2, 0) is 61.8 Å². The van der Waals surface area contributed by atoms with Crippen molar-refractivity contribution in [1.82, 2.24) is 10.6 Å². The van der Waals surface area contributed by atoms with Crippen LogP contribution in [0.25, 0.3) is 0 Å². The number of aliphatic hydroxyl groups excluding tert-OH is 19. The number of rotatable bonds is 55. The average molecular weight is 1570 g/mol. The number of carbonyl (C=O) groups excluding carboxylic acids is 2. The Kier molecular flexibility index (Phi) is 44.9. The SMILES string of the molecule is CCCCCCCCCCCCCCCCCCC(O)C(O)C(COC1OC(CO)C(OC2OC(CO)C(OC3(C(=O)O)CC(OC4OC(CO)C(O)C(OC5OC(C(O)CO)C(O)C5O)C4O)C(NC(C)=O)C(C(O)C(O)CO)O3)C(O)C2O)C(O)C1O)NC(=O)C(O)CCCCCCCCCCCCCC. The molecule has 0 saturated carbocycles. The predicted octanol–water partition coefficient (Wildman–Crippen LogP) is -2.24. The van der Waals surface area contributed by atoms with Crippen LogP contribution in [0.1, 0.15) is 220 Å². The zero-order valence-electron chi connectivity index (χ0n) is 63.2. The molecule has 30 atom stereocenters. The first kappa shape index (κ1) is 95.8. The van der Waals surface area contributed by atoms with Crippen molar-refractivity contribution in [3.63, 3.8) is 0 Å². The molecule has 634 valence electrons. The first-order chi connectivity index (χ1) is 51.7. The maximum atomic E-state index is 13.8. The van der Waals surface area contributed by atoms with Gasteiger partial charge in [0.1, 0.15) is 128 Å². The Morgan fingerprint density at radius 1 is 0.463 bits per heavy atom. The molecule has 35 heteroatoms. The molecule has 0 aromatic rings. The number of nitrogens with one attached hydrogen (secondary N) is 2. The molecule has 0 bridgehead atoms. The van der Waals surface area contributed by atoms with Gasteiger partial charge in [0.15, 0.2) is 25.2 Å². The van der Waals surface area contributed by atoms with Crippen molar-refractivity contribution < 1.29 is 164 Å². The van der Waals surface area contributed by atoms with Crippen LogP contribution in [0.5, 0.6) is 0 Å². The summed E-state index contributed by atoms with van der Waals surface area (Å²) in [6, 6.07) is -3.33.